The Morgan fingerprint density at radius 3 is 2.58 bits per heavy atom. The molecule has 0 aliphatic carbocycles. The first-order valence-electron chi connectivity index (χ1n) is 5.64. The Kier molecular flexibility index (Phi) is 4.33. The molecule has 1 aromatic heterocycles. The second-order valence-electron chi connectivity index (χ2n) is 4.34. The van der Waals surface area contributed by atoms with Crippen molar-refractivity contribution in [3.05, 3.63) is 50.2 Å². The van der Waals surface area contributed by atoms with Gasteiger partial charge in [-0.2, -0.15) is 5.10 Å². The highest BCUT2D eigenvalue weighted by atomic mass is 79.9. The van der Waals surface area contributed by atoms with Gasteiger partial charge in [0, 0.05) is 16.1 Å². The number of hydrogen-bond acceptors (Lipinski definition) is 2. The van der Waals surface area contributed by atoms with Gasteiger partial charge in [0.05, 0.1) is 16.2 Å². The van der Waals surface area contributed by atoms with E-state index < -0.39 is 0 Å². The Bertz CT molecular complexity index is 638. The molecule has 0 bridgehead atoms. The highest BCUT2D eigenvalue weighted by molar-refractivity contribution is 9.10. The molecular weight excluding hydrogens is 351 g/mol. The molecule has 2 rings (SSSR count). The van der Waals surface area contributed by atoms with Crippen LogP contribution >= 0.6 is 39.1 Å². The van der Waals surface area contributed by atoms with E-state index in [2.05, 4.69) is 21.0 Å². The fraction of sp³-hybridized carbons (Fsp3) is 0.231. The predicted octanol–water partition coefficient (Wildman–Crippen LogP) is 4.76. The molecule has 6 heteroatoms. The maximum Gasteiger partial charge on any atom is 0.212 e. The van der Waals surface area contributed by atoms with Crippen molar-refractivity contribution in [1.29, 1.82) is 0 Å². The van der Waals surface area contributed by atoms with E-state index in [4.69, 9.17) is 23.2 Å². The zero-order chi connectivity index (χ0) is 14.2. The van der Waals surface area contributed by atoms with E-state index in [1.807, 2.05) is 13.8 Å². The first kappa shape index (κ1) is 14.6. The summed E-state index contributed by atoms with van der Waals surface area (Å²) >= 11 is 15.4. The van der Waals surface area contributed by atoms with Crippen LogP contribution in [0.5, 0.6) is 0 Å². The van der Waals surface area contributed by atoms with E-state index in [0.717, 1.165) is 4.47 Å². The monoisotopic (exact) mass is 360 g/mol. The van der Waals surface area contributed by atoms with Crippen molar-refractivity contribution in [2.45, 2.75) is 19.9 Å². The van der Waals surface area contributed by atoms with Crippen LogP contribution < -0.4 is 0 Å². The lowest BCUT2D eigenvalue weighted by Gasteiger charge is -2.10. The van der Waals surface area contributed by atoms with E-state index in [9.17, 15) is 4.79 Å². The minimum Gasteiger partial charge on any atom is -0.287 e. The van der Waals surface area contributed by atoms with Crippen molar-refractivity contribution in [2.75, 3.05) is 0 Å². The molecule has 0 atom stereocenters. The average molecular weight is 362 g/mol. The van der Waals surface area contributed by atoms with Gasteiger partial charge >= 0.3 is 0 Å². The summed E-state index contributed by atoms with van der Waals surface area (Å²) < 4.78 is 2.36. The molecule has 0 amide bonds. The van der Waals surface area contributed by atoms with Crippen molar-refractivity contribution in [3.63, 3.8) is 0 Å². The molecule has 0 radical (unpaired) electrons. The lowest BCUT2D eigenvalue weighted by atomic mass is 10.1. The molecule has 0 unspecified atom stereocenters. The van der Waals surface area contributed by atoms with Crippen LogP contribution in [0.1, 0.15) is 35.9 Å². The van der Waals surface area contributed by atoms with Gasteiger partial charge in [-0.15, -0.1) is 0 Å². The summed E-state index contributed by atoms with van der Waals surface area (Å²) in [7, 11) is 0. The average Bonchev–Trinajstić information content (AvgIpc) is 2.74. The van der Waals surface area contributed by atoms with Crippen LogP contribution in [0.15, 0.2) is 28.9 Å². The van der Waals surface area contributed by atoms with Gasteiger partial charge in [-0.05, 0) is 48.0 Å². The third-order valence-corrected chi connectivity index (χ3v) is 4.15. The minimum atomic E-state index is -0.189. The van der Waals surface area contributed by atoms with Gasteiger partial charge in [0.2, 0.25) is 5.78 Å². The highest BCUT2D eigenvalue weighted by Gasteiger charge is 2.21. The first-order chi connectivity index (χ1) is 8.91. The number of carbonyl (C=O) groups excluding carboxylic acids is 1. The van der Waals surface area contributed by atoms with E-state index >= 15 is 0 Å². The largest absolute Gasteiger partial charge is 0.287 e. The molecule has 0 N–H and O–H groups in total. The summed E-state index contributed by atoms with van der Waals surface area (Å²) in [5, 5.41) is 4.95. The Morgan fingerprint density at radius 1 is 1.32 bits per heavy atom. The van der Waals surface area contributed by atoms with Crippen LogP contribution in [0.3, 0.4) is 0 Å². The summed E-state index contributed by atoms with van der Waals surface area (Å²) in [4.78, 5) is 12.5. The normalized spacial score (nSPS) is 11.1. The number of halogens is 3. The maximum atomic E-state index is 12.5. The summed E-state index contributed by atoms with van der Waals surface area (Å²) in [5.41, 5.74) is 0.868. The quantitative estimate of drug-likeness (QED) is 0.738. The molecule has 0 fully saturated rings. The molecule has 1 heterocycles. The maximum absolute atomic E-state index is 12.5. The molecule has 100 valence electrons. The lowest BCUT2D eigenvalue weighted by molar-refractivity contribution is 0.102. The molecule has 3 nitrogen and oxygen atoms in total. The van der Waals surface area contributed by atoms with Crippen LogP contribution in [0.25, 0.3) is 0 Å². The summed E-state index contributed by atoms with van der Waals surface area (Å²) in [6, 6.07) is 5.10. The molecule has 0 saturated carbocycles. The number of ketones is 1. The second kappa shape index (κ2) is 5.65. The van der Waals surface area contributed by atoms with Crippen molar-refractivity contribution in [3.8, 4) is 0 Å². The van der Waals surface area contributed by atoms with Gasteiger partial charge in [-0.1, -0.05) is 23.2 Å². The van der Waals surface area contributed by atoms with Gasteiger partial charge in [0.1, 0.15) is 5.69 Å². The van der Waals surface area contributed by atoms with Crippen molar-refractivity contribution in [2.24, 2.45) is 0 Å². The third-order valence-electron chi connectivity index (χ3n) is 2.64. The zero-order valence-electron chi connectivity index (χ0n) is 10.3. The fourth-order valence-corrected chi connectivity index (χ4v) is 2.36. The van der Waals surface area contributed by atoms with Crippen LogP contribution in [0.4, 0.5) is 0 Å². The molecule has 0 saturated heterocycles. The highest BCUT2D eigenvalue weighted by Crippen LogP contribution is 2.27. The van der Waals surface area contributed by atoms with Crippen LogP contribution in [-0.4, -0.2) is 15.6 Å². The Balaban J connectivity index is 2.49. The Morgan fingerprint density at radius 2 is 2.00 bits per heavy atom. The number of benzene rings is 1. The van der Waals surface area contributed by atoms with E-state index in [0.29, 0.717) is 21.3 Å². The smallest absolute Gasteiger partial charge is 0.212 e. The Labute approximate surface area is 129 Å². The van der Waals surface area contributed by atoms with Crippen molar-refractivity contribution < 1.29 is 4.79 Å². The second-order valence-corrected chi connectivity index (χ2v) is 6.01. The molecule has 0 aliphatic heterocycles. The Hall–Kier alpha value is -0.840. The van der Waals surface area contributed by atoms with Gasteiger partial charge in [-0.25, -0.2) is 0 Å². The number of rotatable bonds is 3. The zero-order valence-corrected chi connectivity index (χ0v) is 13.4. The van der Waals surface area contributed by atoms with Crippen molar-refractivity contribution >= 4 is 44.9 Å². The summed E-state index contributed by atoms with van der Waals surface area (Å²) in [6.45, 7) is 3.88. The fourth-order valence-electron chi connectivity index (χ4n) is 1.72. The van der Waals surface area contributed by atoms with E-state index in [-0.39, 0.29) is 11.8 Å². The van der Waals surface area contributed by atoms with Crippen LogP contribution in [0, 0.1) is 0 Å². The van der Waals surface area contributed by atoms with Gasteiger partial charge in [0.25, 0.3) is 0 Å². The van der Waals surface area contributed by atoms with Gasteiger partial charge in [-0.3, -0.25) is 9.48 Å². The predicted molar refractivity (Wildman–Crippen MR) is 80.2 cm³/mol. The van der Waals surface area contributed by atoms with E-state index in [1.54, 1.807) is 22.9 Å². The van der Waals surface area contributed by atoms with Gasteiger partial charge < -0.3 is 0 Å². The molecule has 0 aliphatic rings. The standard InChI is InChI=1S/C13H11BrCl2N2O/c1-7(2)18-12(11(16)6-17-18)13(19)8-3-4-9(14)10(15)5-8/h3-7H,1-2H3. The number of aromatic nitrogens is 2. The van der Waals surface area contributed by atoms with Crippen molar-refractivity contribution in [1.82, 2.24) is 9.78 Å². The lowest BCUT2D eigenvalue weighted by Crippen LogP contribution is -2.13. The third kappa shape index (κ3) is 2.86. The van der Waals surface area contributed by atoms with Crippen LogP contribution in [-0.2, 0) is 0 Å². The molecular formula is C13H11BrCl2N2O. The van der Waals surface area contributed by atoms with Crippen LogP contribution in [0.2, 0.25) is 10.0 Å². The molecule has 2 aromatic rings. The SMILES string of the molecule is CC(C)n1ncc(Cl)c1C(=O)c1ccc(Br)c(Cl)c1. The minimum absolute atomic E-state index is 0.0531. The summed E-state index contributed by atoms with van der Waals surface area (Å²) in [5.74, 6) is -0.189. The number of carbonyl (C=O) groups is 1. The summed E-state index contributed by atoms with van der Waals surface area (Å²) in [6.07, 6.45) is 1.48. The molecule has 19 heavy (non-hydrogen) atoms. The topological polar surface area (TPSA) is 34.9 Å². The first-order valence-corrected chi connectivity index (χ1v) is 7.19. The number of hydrogen-bond donors (Lipinski definition) is 0. The molecule has 1 aromatic carbocycles. The number of nitrogens with zero attached hydrogens (tertiary/aromatic N) is 2. The molecule has 0 spiro atoms. The van der Waals surface area contributed by atoms with Gasteiger partial charge in [0.15, 0.2) is 0 Å². The van der Waals surface area contributed by atoms with E-state index in [1.165, 1.54) is 6.20 Å².